The molecule has 1 aliphatic rings. The molecular weight excluding hydrogens is 173 g/mol. The van der Waals surface area contributed by atoms with Crippen LogP contribution in [-0.4, -0.2) is 11.5 Å². The molecule has 0 fully saturated rings. The first-order valence-corrected chi connectivity index (χ1v) is 4.81. The van der Waals surface area contributed by atoms with Crippen LogP contribution in [0.15, 0.2) is 29.2 Å². The van der Waals surface area contributed by atoms with E-state index in [0.717, 1.165) is 10.6 Å². The molecule has 2 atom stereocenters. The Morgan fingerprint density at radius 1 is 1.42 bits per heavy atom. The minimum Gasteiger partial charge on any atom is -0.378 e. The summed E-state index contributed by atoms with van der Waals surface area (Å²) in [6.45, 7) is 1.85. The van der Waals surface area contributed by atoms with Gasteiger partial charge in [0.15, 0.2) is 5.50 Å². The maximum Gasteiger partial charge on any atom is 0.170 e. The molecule has 1 N–H and O–H groups in total. The third kappa shape index (κ3) is 1.29. The Kier molecular flexibility index (Phi) is 1.97. The third-order valence-corrected chi connectivity index (χ3v) is 3.15. The molecule has 0 saturated carbocycles. The van der Waals surface area contributed by atoms with Crippen molar-refractivity contribution in [1.29, 1.82) is 0 Å². The van der Waals surface area contributed by atoms with Crippen molar-refractivity contribution in [1.82, 2.24) is 0 Å². The molecular formula is C9H10FNS. The van der Waals surface area contributed by atoms with E-state index in [9.17, 15) is 4.39 Å². The van der Waals surface area contributed by atoms with Gasteiger partial charge in [0.05, 0.1) is 6.04 Å². The van der Waals surface area contributed by atoms with Crippen LogP contribution in [0.3, 0.4) is 0 Å². The Bertz CT molecular complexity index is 261. The molecule has 1 aliphatic heterocycles. The summed E-state index contributed by atoms with van der Waals surface area (Å²) in [5.41, 5.74) is 0.212. The van der Waals surface area contributed by atoms with Crippen LogP contribution in [0.4, 0.5) is 10.1 Å². The summed E-state index contributed by atoms with van der Waals surface area (Å²) in [5.74, 6) is 0. The van der Waals surface area contributed by atoms with Crippen molar-refractivity contribution in [2.24, 2.45) is 0 Å². The molecule has 2 rings (SSSR count). The summed E-state index contributed by atoms with van der Waals surface area (Å²) in [6.07, 6.45) is 0. The van der Waals surface area contributed by atoms with Crippen molar-refractivity contribution in [3.63, 3.8) is 0 Å². The number of hydrogen-bond acceptors (Lipinski definition) is 2. The Morgan fingerprint density at radius 3 is 3.00 bits per heavy atom. The highest BCUT2D eigenvalue weighted by atomic mass is 32.2. The van der Waals surface area contributed by atoms with E-state index in [1.165, 1.54) is 11.8 Å². The zero-order chi connectivity index (χ0) is 8.55. The molecule has 64 valence electrons. The van der Waals surface area contributed by atoms with E-state index >= 15 is 0 Å². The number of para-hydroxylation sites is 1. The molecule has 1 aromatic rings. The van der Waals surface area contributed by atoms with Crippen LogP contribution in [0.1, 0.15) is 6.92 Å². The molecule has 2 unspecified atom stereocenters. The van der Waals surface area contributed by atoms with Gasteiger partial charge in [-0.05, 0) is 19.1 Å². The highest BCUT2D eigenvalue weighted by Crippen LogP contribution is 2.37. The third-order valence-electron chi connectivity index (χ3n) is 1.90. The standard InChI is InChI=1S/C9H10FNS/c1-6-9(10)12-8-5-3-2-4-7(8)11-6/h2-6,9,11H,1H3. The van der Waals surface area contributed by atoms with Crippen LogP contribution in [0.25, 0.3) is 0 Å². The van der Waals surface area contributed by atoms with E-state index in [1.54, 1.807) is 0 Å². The van der Waals surface area contributed by atoms with Crippen LogP contribution >= 0.6 is 11.8 Å². The second-order valence-electron chi connectivity index (χ2n) is 2.90. The number of benzene rings is 1. The molecule has 0 aromatic heterocycles. The molecule has 0 saturated heterocycles. The molecule has 1 heterocycles. The van der Waals surface area contributed by atoms with Crippen LogP contribution in [0.2, 0.25) is 0 Å². The molecule has 0 radical (unpaired) electrons. The monoisotopic (exact) mass is 183 g/mol. The number of fused-ring (bicyclic) bond motifs is 1. The number of thioether (sulfide) groups is 1. The van der Waals surface area contributed by atoms with Gasteiger partial charge in [-0.1, -0.05) is 23.9 Å². The molecule has 0 spiro atoms. The first kappa shape index (κ1) is 7.92. The van der Waals surface area contributed by atoms with Crippen LogP contribution in [-0.2, 0) is 0 Å². The lowest BCUT2D eigenvalue weighted by Gasteiger charge is -2.26. The fourth-order valence-corrected chi connectivity index (χ4v) is 2.15. The van der Waals surface area contributed by atoms with Crippen LogP contribution in [0, 0.1) is 0 Å². The van der Waals surface area contributed by atoms with E-state index in [1.807, 2.05) is 31.2 Å². The molecule has 0 amide bonds. The molecule has 3 heteroatoms. The quantitative estimate of drug-likeness (QED) is 0.663. The van der Waals surface area contributed by atoms with Gasteiger partial charge in [-0.15, -0.1) is 0 Å². The van der Waals surface area contributed by atoms with Gasteiger partial charge in [-0.25, -0.2) is 4.39 Å². The van der Waals surface area contributed by atoms with Crippen molar-refractivity contribution in [3.05, 3.63) is 24.3 Å². The lowest BCUT2D eigenvalue weighted by Crippen LogP contribution is -2.28. The second-order valence-corrected chi connectivity index (χ2v) is 4.02. The van der Waals surface area contributed by atoms with Gasteiger partial charge in [0.1, 0.15) is 0 Å². The van der Waals surface area contributed by atoms with E-state index in [-0.39, 0.29) is 6.04 Å². The number of halogens is 1. The highest BCUT2D eigenvalue weighted by Gasteiger charge is 2.24. The van der Waals surface area contributed by atoms with Crippen molar-refractivity contribution in [2.45, 2.75) is 23.4 Å². The number of anilines is 1. The summed E-state index contributed by atoms with van der Waals surface area (Å²) >= 11 is 1.29. The molecule has 0 aliphatic carbocycles. The number of rotatable bonds is 0. The summed E-state index contributed by atoms with van der Waals surface area (Å²) < 4.78 is 13.2. The number of nitrogens with one attached hydrogen (secondary N) is 1. The second kappa shape index (κ2) is 2.98. The Labute approximate surface area is 75.4 Å². The number of alkyl halides is 1. The maximum absolute atomic E-state index is 13.2. The first-order chi connectivity index (χ1) is 5.77. The number of hydrogen-bond donors (Lipinski definition) is 1. The fraction of sp³-hybridized carbons (Fsp3) is 0.333. The Hall–Kier alpha value is -0.700. The van der Waals surface area contributed by atoms with Crippen molar-refractivity contribution in [3.8, 4) is 0 Å². The normalized spacial score (nSPS) is 27.5. The smallest absolute Gasteiger partial charge is 0.170 e. The van der Waals surface area contributed by atoms with E-state index < -0.39 is 5.50 Å². The van der Waals surface area contributed by atoms with Crippen molar-refractivity contribution in [2.75, 3.05) is 5.32 Å². The van der Waals surface area contributed by atoms with Gasteiger partial charge in [-0.3, -0.25) is 0 Å². The predicted molar refractivity (Wildman–Crippen MR) is 50.3 cm³/mol. The van der Waals surface area contributed by atoms with E-state index in [2.05, 4.69) is 5.32 Å². The highest BCUT2D eigenvalue weighted by molar-refractivity contribution is 8.00. The van der Waals surface area contributed by atoms with Gasteiger partial charge in [0, 0.05) is 10.6 Å². The van der Waals surface area contributed by atoms with Gasteiger partial charge in [0.2, 0.25) is 0 Å². The summed E-state index contributed by atoms with van der Waals surface area (Å²) in [7, 11) is 0. The van der Waals surface area contributed by atoms with Crippen LogP contribution in [0.5, 0.6) is 0 Å². The van der Waals surface area contributed by atoms with E-state index in [0.29, 0.717) is 0 Å². The van der Waals surface area contributed by atoms with Gasteiger partial charge in [0.25, 0.3) is 0 Å². The lowest BCUT2D eigenvalue weighted by atomic mass is 10.2. The van der Waals surface area contributed by atoms with Gasteiger partial charge in [-0.2, -0.15) is 0 Å². The Morgan fingerprint density at radius 2 is 2.17 bits per heavy atom. The lowest BCUT2D eigenvalue weighted by molar-refractivity contribution is 0.413. The molecule has 12 heavy (non-hydrogen) atoms. The zero-order valence-corrected chi connectivity index (χ0v) is 7.57. The maximum atomic E-state index is 13.2. The Balaban J connectivity index is 2.34. The van der Waals surface area contributed by atoms with Gasteiger partial charge < -0.3 is 5.32 Å². The predicted octanol–water partition coefficient (Wildman–Crippen LogP) is 2.89. The fourth-order valence-electron chi connectivity index (χ4n) is 1.22. The zero-order valence-electron chi connectivity index (χ0n) is 6.75. The SMILES string of the molecule is CC1Nc2ccccc2SC1F. The minimum absolute atomic E-state index is 0.0927. The molecule has 1 nitrogen and oxygen atoms in total. The van der Waals surface area contributed by atoms with Crippen LogP contribution < -0.4 is 5.32 Å². The van der Waals surface area contributed by atoms with Gasteiger partial charge >= 0.3 is 0 Å². The first-order valence-electron chi connectivity index (χ1n) is 3.93. The van der Waals surface area contributed by atoms with Crippen molar-refractivity contribution >= 4 is 17.4 Å². The average molecular weight is 183 g/mol. The molecule has 1 aromatic carbocycles. The van der Waals surface area contributed by atoms with E-state index in [4.69, 9.17) is 0 Å². The molecule has 0 bridgehead atoms. The minimum atomic E-state index is -0.833. The topological polar surface area (TPSA) is 12.0 Å². The van der Waals surface area contributed by atoms with Crippen molar-refractivity contribution < 1.29 is 4.39 Å². The summed E-state index contributed by atoms with van der Waals surface area (Å²) in [5, 5.41) is 3.11. The average Bonchev–Trinajstić information content (AvgIpc) is 2.07. The summed E-state index contributed by atoms with van der Waals surface area (Å²) in [4.78, 5) is 1.00. The largest absolute Gasteiger partial charge is 0.378 e. The summed E-state index contributed by atoms with van der Waals surface area (Å²) in [6, 6.07) is 7.70.